The molecule has 1 N–H and O–H groups in total. The Morgan fingerprint density at radius 2 is 1.59 bits per heavy atom. The first kappa shape index (κ1) is 27.9. The van der Waals surface area contributed by atoms with Crippen molar-refractivity contribution in [3.05, 3.63) is 90.6 Å². The molecule has 1 fully saturated rings. The second-order valence-corrected chi connectivity index (χ2v) is 9.93. The highest BCUT2D eigenvalue weighted by Gasteiger charge is 2.42. The van der Waals surface area contributed by atoms with Gasteiger partial charge in [0.05, 0.1) is 19.9 Å². The summed E-state index contributed by atoms with van der Waals surface area (Å²) in [6.45, 7) is 1.95. The standard InChI is InChI=1S/C32H34N4O5/c1-21-15-17-26(36(21)31(38)29(41-4)23-16-18-27(39-2)28(19-23)40-3)30(37)34-32-33-25(22-11-7-5-8-12-22)20-35(32)24-13-9-6-10-14-24/h5-14,16,18-21,26,29H,15,17H2,1-4H3,(H,33,34,37)/t21-,26+,29-/m0/s1. The molecule has 0 unspecified atom stereocenters. The number of anilines is 1. The molecule has 4 aromatic rings. The maximum absolute atomic E-state index is 13.9. The van der Waals surface area contributed by atoms with Gasteiger partial charge in [0.1, 0.15) is 6.04 Å². The number of aromatic nitrogens is 2. The van der Waals surface area contributed by atoms with Gasteiger partial charge >= 0.3 is 0 Å². The lowest BCUT2D eigenvalue weighted by Crippen LogP contribution is -2.48. The third-order valence-electron chi connectivity index (χ3n) is 7.44. The van der Waals surface area contributed by atoms with Gasteiger partial charge in [-0.05, 0) is 49.6 Å². The minimum atomic E-state index is -0.915. The molecule has 0 bridgehead atoms. The molecule has 2 heterocycles. The molecule has 0 spiro atoms. The predicted octanol–water partition coefficient (Wildman–Crippen LogP) is 5.26. The Balaban J connectivity index is 1.43. The van der Waals surface area contributed by atoms with E-state index in [1.165, 1.54) is 14.2 Å². The molecule has 1 aliphatic heterocycles. The van der Waals surface area contributed by atoms with Crippen molar-refractivity contribution in [3.63, 3.8) is 0 Å². The maximum Gasteiger partial charge on any atom is 0.257 e. The molecule has 3 atom stereocenters. The number of nitrogens with one attached hydrogen (secondary N) is 1. The Morgan fingerprint density at radius 3 is 2.24 bits per heavy atom. The smallest absolute Gasteiger partial charge is 0.257 e. The Kier molecular flexibility index (Phi) is 8.35. The number of imidazole rings is 1. The van der Waals surface area contributed by atoms with Crippen molar-refractivity contribution in [2.75, 3.05) is 26.6 Å². The van der Waals surface area contributed by atoms with Crippen molar-refractivity contribution < 1.29 is 23.8 Å². The van der Waals surface area contributed by atoms with Crippen LogP contribution < -0.4 is 14.8 Å². The average molecular weight is 555 g/mol. The van der Waals surface area contributed by atoms with E-state index in [0.29, 0.717) is 35.9 Å². The van der Waals surface area contributed by atoms with Crippen LogP contribution in [0.3, 0.4) is 0 Å². The number of nitrogens with zero attached hydrogens (tertiary/aromatic N) is 3. The monoisotopic (exact) mass is 554 g/mol. The van der Waals surface area contributed by atoms with Gasteiger partial charge in [-0.1, -0.05) is 54.6 Å². The van der Waals surface area contributed by atoms with Gasteiger partial charge in [-0.2, -0.15) is 0 Å². The molecule has 9 heteroatoms. The van der Waals surface area contributed by atoms with Gasteiger partial charge in [-0.3, -0.25) is 19.5 Å². The minimum absolute atomic E-state index is 0.148. The van der Waals surface area contributed by atoms with E-state index >= 15 is 0 Å². The summed E-state index contributed by atoms with van der Waals surface area (Å²) in [5.74, 6) is 0.836. The van der Waals surface area contributed by atoms with Gasteiger partial charge in [0.15, 0.2) is 17.6 Å². The van der Waals surface area contributed by atoms with Gasteiger partial charge in [-0.15, -0.1) is 0 Å². The van der Waals surface area contributed by atoms with E-state index in [9.17, 15) is 9.59 Å². The van der Waals surface area contributed by atoms with Crippen molar-refractivity contribution >= 4 is 17.8 Å². The van der Waals surface area contributed by atoms with Crippen molar-refractivity contribution in [1.29, 1.82) is 0 Å². The van der Waals surface area contributed by atoms with Crippen molar-refractivity contribution in [1.82, 2.24) is 14.5 Å². The second kappa shape index (κ2) is 12.3. The van der Waals surface area contributed by atoms with Crippen LogP contribution >= 0.6 is 0 Å². The molecule has 1 saturated heterocycles. The van der Waals surface area contributed by atoms with Crippen LogP contribution in [0.5, 0.6) is 11.5 Å². The molecule has 9 nitrogen and oxygen atoms in total. The van der Waals surface area contributed by atoms with E-state index < -0.39 is 12.1 Å². The highest BCUT2D eigenvalue weighted by atomic mass is 16.5. The lowest BCUT2D eigenvalue weighted by atomic mass is 10.1. The number of rotatable bonds is 9. The summed E-state index contributed by atoms with van der Waals surface area (Å²) >= 11 is 0. The quantitative estimate of drug-likeness (QED) is 0.303. The molecule has 0 radical (unpaired) electrons. The van der Waals surface area contributed by atoms with Gasteiger partial charge < -0.3 is 19.1 Å². The zero-order chi connectivity index (χ0) is 28.9. The summed E-state index contributed by atoms with van der Waals surface area (Å²) in [7, 11) is 4.57. The van der Waals surface area contributed by atoms with E-state index in [4.69, 9.17) is 19.2 Å². The molecular weight excluding hydrogens is 520 g/mol. The topological polar surface area (TPSA) is 94.9 Å². The maximum atomic E-state index is 13.9. The molecule has 3 aromatic carbocycles. The summed E-state index contributed by atoms with van der Waals surface area (Å²) in [6.07, 6.45) is 2.20. The highest BCUT2D eigenvalue weighted by molar-refractivity contribution is 5.98. The second-order valence-electron chi connectivity index (χ2n) is 9.93. The first-order valence-corrected chi connectivity index (χ1v) is 13.5. The molecule has 2 amide bonds. The zero-order valence-electron chi connectivity index (χ0n) is 23.6. The van der Waals surface area contributed by atoms with Crippen LogP contribution in [0.4, 0.5) is 5.95 Å². The third-order valence-corrected chi connectivity index (χ3v) is 7.44. The number of likely N-dealkylation sites (tertiary alicyclic amines) is 1. The lowest BCUT2D eigenvalue weighted by molar-refractivity contribution is -0.148. The summed E-state index contributed by atoms with van der Waals surface area (Å²) < 4.78 is 18.3. The van der Waals surface area contributed by atoms with Crippen LogP contribution in [0.2, 0.25) is 0 Å². The van der Waals surface area contributed by atoms with E-state index in [0.717, 1.165) is 16.9 Å². The van der Waals surface area contributed by atoms with E-state index in [1.54, 1.807) is 30.2 Å². The third kappa shape index (κ3) is 5.67. The fraction of sp³-hybridized carbons (Fsp3) is 0.281. The van der Waals surface area contributed by atoms with E-state index in [2.05, 4.69) is 5.32 Å². The number of hydrogen-bond donors (Lipinski definition) is 1. The predicted molar refractivity (Wildman–Crippen MR) is 156 cm³/mol. The Labute approximate surface area is 239 Å². The SMILES string of the molecule is COc1ccc([C@H](OC)C(=O)N2[C@@H](C(=O)Nc3nc(-c4ccccc4)cn3-c3ccccc3)CC[C@@H]2C)cc1OC. The van der Waals surface area contributed by atoms with Crippen LogP contribution in [0.25, 0.3) is 16.9 Å². The van der Waals surface area contributed by atoms with Crippen LogP contribution in [-0.4, -0.2) is 59.7 Å². The molecule has 5 rings (SSSR count). The van der Waals surface area contributed by atoms with Crippen LogP contribution in [0.15, 0.2) is 85.1 Å². The molecule has 1 aromatic heterocycles. The normalized spacial score (nSPS) is 17.2. The number of methoxy groups -OCH3 is 3. The zero-order valence-corrected chi connectivity index (χ0v) is 23.6. The summed E-state index contributed by atoms with van der Waals surface area (Å²) in [5, 5.41) is 3.02. The van der Waals surface area contributed by atoms with E-state index in [1.807, 2.05) is 78.4 Å². The van der Waals surface area contributed by atoms with Crippen LogP contribution in [-0.2, 0) is 14.3 Å². The Hall–Kier alpha value is -4.63. The largest absolute Gasteiger partial charge is 0.493 e. The lowest BCUT2D eigenvalue weighted by Gasteiger charge is -2.31. The van der Waals surface area contributed by atoms with E-state index in [-0.39, 0.29) is 17.9 Å². The highest BCUT2D eigenvalue weighted by Crippen LogP contribution is 2.35. The molecule has 0 saturated carbocycles. The number of amides is 2. The Bertz CT molecular complexity index is 1510. The summed E-state index contributed by atoms with van der Waals surface area (Å²) in [6, 6.07) is 23.9. The first-order chi connectivity index (χ1) is 19.9. The molecule has 0 aliphatic carbocycles. The molecule has 1 aliphatic rings. The van der Waals surface area contributed by atoms with Crippen molar-refractivity contribution in [3.8, 4) is 28.4 Å². The fourth-order valence-corrected chi connectivity index (χ4v) is 5.34. The van der Waals surface area contributed by atoms with Crippen molar-refractivity contribution in [2.45, 2.75) is 38.0 Å². The number of carbonyl (C=O) groups excluding carboxylic acids is 2. The molecule has 212 valence electrons. The van der Waals surface area contributed by atoms with Gasteiger partial charge in [0, 0.05) is 30.6 Å². The molecular formula is C32H34N4O5. The average Bonchev–Trinajstić information content (AvgIpc) is 3.61. The van der Waals surface area contributed by atoms with Gasteiger partial charge in [-0.25, -0.2) is 4.98 Å². The summed E-state index contributed by atoms with van der Waals surface area (Å²) in [5.41, 5.74) is 3.13. The van der Waals surface area contributed by atoms with Gasteiger partial charge in [0.2, 0.25) is 11.9 Å². The van der Waals surface area contributed by atoms with Gasteiger partial charge in [0.25, 0.3) is 5.91 Å². The van der Waals surface area contributed by atoms with Crippen LogP contribution in [0, 0.1) is 0 Å². The number of hydrogen-bond acceptors (Lipinski definition) is 6. The number of para-hydroxylation sites is 1. The van der Waals surface area contributed by atoms with Crippen molar-refractivity contribution in [2.24, 2.45) is 0 Å². The fourth-order valence-electron chi connectivity index (χ4n) is 5.34. The van der Waals surface area contributed by atoms with Crippen LogP contribution in [0.1, 0.15) is 31.4 Å². The Morgan fingerprint density at radius 1 is 0.902 bits per heavy atom. The first-order valence-electron chi connectivity index (χ1n) is 13.5. The molecule has 41 heavy (non-hydrogen) atoms. The number of ether oxygens (including phenoxy) is 3. The number of carbonyl (C=O) groups is 2. The summed E-state index contributed by atoms with van der Waals surface area (Å²) in [4.78, 5) is 34.1. The number of benzene rings is 3. The minimum Gasteiger partial charge on any atom is -0.493 e.